The van der Waals surface area contributed by atoms with Gasteiger partial charge in [0.1, 0.15) is 5.82 Å². The van der Waals surface area contributed by atoms with E-state index in [-0.39, 0.29) is 12.5 Å². The molecular weight excluding hydrogens is 738 g/mol. The number of piperidine rings is 1. The first-order chi connectivity index (χ1) is 23.1. The highest BCUT2D eigenvalue weighted by Crippen LogP contribution is 2.31. The number of carboxylic acid groups (broad SMARTS) is 1. The number of aromatic nitrogens is 2. The molecule has 256 valence electrons. The number of para-hydroxylation sites is 3. The van der Waals surface area contributed by atoms with E-state index in [4.69, 9.17) is 5.73 Å². The van der Waals surface area contributed by atoms with Crippen LogP contribution in [0.5, 0.6) is 0 Å². The second kappa shape index (κ2) is 16.4. The molecule has 1 saturated heterocycles. The van der Waals surface area contributed by atoms with Gasteiger partial charge >= 0.3 is 12.0 Å². The standard InChI is InChI=1S/C22H26Br2N4O2.C14H19N3O/c1-27(2)11-5-6-12-28-19-8-4-3-7-18(19)26-20(28)22(25,21(29)30)14-15-9-10-16(23)17(24)13-15;18-14-16-13-4-2-1-3-11(13)7-10-17(14)12-5-8-15-9-6-12/h3-4,7-10,13H,5-6,11-12,14,25H2,1-2H3,(H,29,30);1-4,12,15H,5-10H2,(H,16,18). The van der Waals surface area contributed by atoms with E-state index in [0.717, 1.165) is 89.5 Å². The van der Waals surface area contributed by atoms with Gasteiger partial charge in [0.2, 0.25) is 0 Å². The van der Waals surface area contributed by atoms with Gasteiger partial charge in [-0.3, -0.25) is 0 Å². The van der Waals surface area contributed by atoms with Crippen LogP contribution in [-0.4, -0.2) is 82.8 Å². The smallest absolute Gasteiger partial charge is 0.331 e. The lowest BCUT2D eigenvalue weighted by molar-refractivity contribution is -0.144. The molecule has 0 aliphatic carbocycles. The number of halogens is 2. The maximum absolute atomic E-state index is 12.4. The minimum atomic E-state index is -1.65. The molecule has 2 amide bonds. The van der Waals surface area contributed by atoms with Crippen LogP contribution in [0.25, 0.3) is 11.0 Å². The first-order valence-corrected chi connectivity index (χ1v) is 18.1. The van der Waals surface area contributed by atoms with E-state index >= 15 is 0 Å². The molecule has 12 heteroatoms. The van der Waals surface area contributed by atoms with Crippen LogP contribution >= 0.6 is 31.9 Å². The molecule has 1 aromatic heterocycles. The number of fused-ring (bicyclic) bond motifs is 2. The largest absolute Gasteiger partial charge is 0.480 e. The summed E-state index contributed by atoms with van der Waals surface area (Å²) in [5, 5.41) is 16.5. The van der Waals surface area contributed by atoms with Crippen LogP contribution < -0.4 is 16.4 Å². The number of rotatable bonds is 10. The maximum atomic E-state index is 12.4. The van der Waals surface area contributed by atoms with Gasteiger partial charge in [0.15, 0.2) is 5.54 Å². The zero-order valence-electron chi connectivity index (χ0n) is 27.6. The number of unbranched alkanes of at least 4 members (excludes halogenated alkanes) is 1. The van der Waals surface area contributed by atoms with Gasteiger partial charge in [0, 0.05) is 40.2 Å². The van der Waals surface area contributed by atoms with Gasteiger partial charge in [-0.15, -0.1) is 0 Å². The summed E-state index contributed by atoms with van der Waals surface area (Å²) < 4.78 is 3.73. The Morgan fingerprint density at radius 2 is 1.77 bits per heavy atom. The average Bonchev–Trinajstić information content (AvgIpc) is 3.36. The van der Waals surface area contributed by atoms with E-state index in [1.165, 1.54) is 5.56 Å². The van der Waals surface area contributed by atoms with Crippen LogP contribution in [0.1, 0.15) is 42.6 Å². The van der Waals surface area contributed by atoms with Crippen molar-refractivity contribution < 1.29 is 14.7 Å². The summed E-state index contributed by atoms with van der Waals surface area (Å²) in [7, 11) is 4.09. The summed E-state index contributed by atoms with van der Waals surface area (Å²) in [5.41, 5.74) is 9.63. The number of hydrogen-bond acceptors (Lipinski definition) is 6. The summed E-state index contributed by atoms with van der Waals surface area (Å²) in [6.45, 7) is 4.50. The van der Waals surface area contributed by atoms with E-state index in [1.807, 2.05) is 84.2 Å². The minimum Gasteiger partial charge on any atom is -0.480 e. The van der Waals surface area contributed by atoms with Gasteiger partial charge in [0.25, 0.3) is 0 Å². The van der Waals surface area contributed by atoms with Crippen molar-refractivity contribution in [3.05, 3.63) is 92.6 Å². The number of hydrogen-bond donors (Lipinski definition) is 4. The third-order valence-electron chi connectivity index (χ3n) is 9.03. The number of anilines is 1. The number of amides is 2. The van der Waals surface area contributed by atoms with Crippen molar-refractivity contribution in [2.24, 2.45) is 5.73 Å². The van der Waals surface area contributed by atoms with E-state index < -0.39 is 11.5 Å². The highest BCUT2D eigenvalue weighted by molar-refractivity contribution is 9.13. The van der Waals surface area contributed by atoms with Crippen LogP contribution in [0.15, 0.2) is 75.7 Å². The van der Waals surface area contributed by atoms with Crippen molar-refractivity contribution in [1.82, 2.24) is 24.7 Å². The number of urea groups is 1. The monoisotopic (exact) mass is 781 g/mol. The third kappa shape index (κ3) is 8.64. The first kappa shape index (κ1) is 36.0. The Morgan fingerprint density at radius 1 is 1.04 bits per heavy atom. The van der Waals surface area contributed by atoms with E-state index in [1.54, 1.807) is 0 Å². The molecule has 2 aliphatic heterocycles. The molecule has 6 rings (SSSR count). The fraction of sp³-hybridized carbons (Fsp3) is 0.417. The molecule has 1 fully saturated rings. The molecule has 2 aliphatic rings. The minimum absolute atomic E-state index is 0.0619. The van der Waals surface area contributed by atoms with Crippen LogP contribution in [0.2, 0.25) is 0 Å². The lowest BCUT2D eigenvalue weighted by Crippen LogP contribution is -2.49. The number of aliphatic carboxylic acids is 1. The second-order valence-electron chi connectivity index (χ2n) is 12.8. The number of carbonyl (C=O) groups excluding carboxylic acids is 1. The Morgan fingerprint density at radius 3 is 2.50 bits per heavy atom. The maximum Gasteiger partial charge on any atom is 0.331 e. The number of carboxylic acids is 1. The zero-order chi connectivity index (χ0) is 34.3. The Labute approximate surface area is 299 Å². The normalized spacial score (nSPS) is 16.5. The van der Waals surface area contributed by atoms with Gasteiger partial charge < -0.3 is 35.8 Å². The van der Waals surface area contributed by atoms with Crippen molar-refractivity contribution in [3.8, 4) is 0 Å². The number of carbonyl (C=O) groups is 2. The molecule has 3 heterocycles. The molecule has 48 heavy (non-hydrogen) atoms. The first-order valence-electron chi connectivity index (χ1n) is 16.5. The number of imidazole rings is 1. The molecule has 1 atom stereocenters. The highest BCUT2D eigenvalue weighted by atomic mass is 79.9. The number of nitrogens with one attached hydrogen (secondary N) is 2. The molecular formula is C36H45Br2N7O3. The van der Waals surface area contributed by atoms with Gasteiger partial charge in [-0.25, -0.2) is 14.6 Å². The summed E-state index contributed by atoms with van der Waals surface area (Å²) in [6.07, 6.45) is 5.11. The van der Waals surface area contributed by atoms with Crippen molar-refractivity contribution >= 4 is 60.6 Å². The predicted molar refractivity (Wildman–Crippen MR) is 198 cm³/mol. The summed E-state index contributed by atoms with van der Waals surface area (Å²) in [4.78, 5) is 33.5. The zero-order valence-corrected chi connectivity index (χ0v) is 30.8. The van der Waals surface area contributed by atoms with E-state index in [0.29, 0.717) is 18.4 Å². The molecule has 4 aromatic rings. The second-order valence-corrected chi connectivity index (χ2v) is 14.5. The van der Waals surface area contributed by atoms with Gasteiger partial charge in [-0.2, -0.15) is 0 Å². The Balaban J connectivity index is 0.000000212. The molecule has 10 nitrogen and oxygen atoms in total. The SMILES string of the molecule is CN(C)CCCCn1c(C(N)(Cc2ccc(Br)c(Br)c2)C(=O)O)nc2ccccc21.O=C1Nc2ccccc2CCN1C1CCNCC1. The fourth-order valence-corrected chi connectivity index (χ4v) is 7.09. The molecule has 3 aromatic carbocycles. The fourth-order valence-electron chi connectivity index (χ4n) is 6.42. The Bertz CT molecular complexity index is 1720. The summed E-state index contributed by atoms with van der Waals surface area (Å²) in [6, 6.07) is 21.9. The molecule has 1 unspecified atom stereocenters. The van der Waals surface area contributed by atoms with Gasteiger partial charge in [-0.1, -0.05) is 36.4 Å². The van der Waals surface area contributed by atoms with Crippen LogP contribution in [0.4, 0.5) is 10.5 Å². The lowest BCUT2D eigenvalue weighted by Gasteiger charge is -2.33. The molecule has 0 spiro atoms. The van der Waals surface area contributed by atoms with E-state index in [9.17, 15) is 14.7 Å². The molecule has 5 N–H and O–H groups in total. The number of aryl methyl sites for hydroxylation is 1. The van der Waals surface area contributed by atoms with Gasteiger partial charge in [-0.05, 0) is 139 Å². The Kier molecular flexibility index (Phi) is 12.3. The summed E-state index contributed by atoms with van der Waals surface area (Å²) >= 11 is 6.93. The number of benzene rings is 3. The number of nitrogens with zero attached hydrogens (tertiary/aromatic N) is 4. The Hall–Kier alpha value is -3.29. The third-order valence-corrected chi connectivity index (χ3v) is 10.9. The number of nitrogens with two attached hydrogens (primary N) is 1. The van der Waals surface area contributed by atoms with Crippen molar-refractivity contribution in [1.29, 1.82) is 0 Å². The van der Waals surface area contributed by atoms with E-state index in [2.05, 4.69) is 58.4 Å². The molecule has 0 radical (unpaired) electrons. The topological polar surface area (TPSA) is 129 Å². The van der Waals surface area contributed by atoms with Crippen LogP contribution in [0.3, 0.4) is 0 Å². The van der Waals surface area contributed by atoms with Crippen molar-refractivity contribution in [3.63, 3.8) is 0 Å². The van der Waals surface area contributed by atoms with Gasteiger partial charge in [0.05, 0.1) is 11.0 Å². The predicted octanol–water partition coefficient (Wildman–Crippen LogP) is 6.21. The highest BCUT2D eigenvalue weighted by Gasteiger charge is 2.41. The van der Waals surface area contributed by atoms with Crippen molar-refractivity contribution in [2.75, 3.05) is 45.6 Å². The van der Waals surface area contributed by atoms with Crippen LogP contribution in [0, 0.1) is 0 Å². The van der Waals surface area contributed by atoms with Crippen LogP contribution in [-0.2, 0) is 29.7 Å². The average molecular weight is 784 g/mol. The van der Waals surface area contributed by atoms with Crippen molar-refractivity contribution in [2.45, 2.75) is 56.7 Å². The molecule has 0 bridgehead atoms. The molecule has 0 saturated carbocycles. The summed E-state index contributed by atoms with van der Waals surface area (Å²) in [5.74, 6) is -0.702. The quantitative estimate of drug-likeness (QED) is 0.141. The lowest BCUT2D eigenvalue weighted by atomic mass is 9.90.